The highest BCUT2D eigenvalue weighted by atomic mass is 32.2. The highest BCUT2D eigenvalue weighted by Gasteiger charge is 2.31. The maximum Gasteiger partial charge on any atom is 0.287 e. The van der Waals surface area contributed by atoms with Crippen LogP contribution in [0.4, 0.5) is 0 Å². The Morgan fingerprint density at radius 2 is 1.92 bits per heavy atom. The SMILES string of the molecule is Cc1oc(C(=O)NC[C@@H](O)c2ccccc2)cc1S(=O)(=O)N1CCCC1. The standard InChI is InChI=1S/C18H22N2O5S/c1-13-17(26(23,24)20-9-5-6-10-20)11-16(25-13)18(22)19-12-15(21)14-7-3-2-4-8-14/h2-4,7-8,11,15,21H,5-6,9-10,12H2,1H3,(H,19,22)/t15-/m1/s1. The number of carbonyl (C=O) groups is 1. The number of nitrogens with zero attached hydrogens (tertiary/aromatic N) is 1. The van der Waals surface area contributed by atoms with E-state index in [0.29, 0.717) is 18.7 Å². The second-order valence-electron chi connectivity index (χ2n) is 6.28. The topological polar surface area (TPSA) is 99.8 Å². The van der Waals surface area contributed by atoms with Crippen molar-refractivity contribution in [3.05, 3.63) is 53.5 Å². The van der Waals surface area contributed by atoms with Crippen LogP contribution in [0.3, 0.4) is 0 Å². The number of aryl methyl sites for hydroxylation is 1. The Labute approximate surface area is 152 Å². The summed E-state index contributed by atoms with van der Waals surface area (Å²) in [5.41, 5.74) is 0.681. The molecule has 2 N–H and O–H groups in total. The number of sulfonamides is 1. The average molecular weight is 378 g/mol. The molecule has 7 nitrogen and oxygen atoms in total. The molecule has 1 atom stereocenters. The third kappa shape index (κ3) is 3.82. The van der Waals surface area contributed by atoms with E-state index in [0.717, 1.165) is 12.8 Å². The summed E-state index contributed by atoms with van der Waals surface area (Å²) in [7, 11) is -3.65. The predicted molar refractivity (Wildman–Crippen MR) is 95.2 cm³/mol. The van der Waals surface area contributed by atoms with Gasteiger partial charge in [0.05, 0.1) is 6.10 Å². The first kappa shape index (κ1) is 18.6. The van der Waals surface area contributed by atoms with E-state index in [-0.39, 0.29) is 23.0 Å². The molecule has 0 aliphatic carbocycles. The summed E-state index contributed by atoms with van der Waals surface area (Å²) in [6.07, 6.45) is 0.811. The minimum atomic E-state index is -3.65. The van der Waals surface area contributed by atoms with Crippen LogP contribution in [0, 0.1) is 6.92 Å². The van der Waals surface area contributed by atoms with Crippen molar-refractivity contribution < 1.29 is 22.7 Å². The van der Waals surface area contributed by atoms with Crippen LogP contribution in [-0.4, -0.2) is 43.4 Å². The Balaban J connectivity index is 1.69. The van der Waals surface area contributed by atoms with Gasteiger partial charge in [-0.25, -0.2) is 8.42 Å². The fourth-order valence-electron chi connectivity index (χ4n) is 2.97. The Kier molecular flexibility index (Phi) is 5.45. The Hall–Kier alpha value is -2.16. The molecule has 1 aliphatic heterocycles. The first-order valence-electron chi connectivity index (χ1n) is 8.51. The van der Waals surface area contributed by atoms with Gasteiger partial charge in [-0.15, -0.1) is 0 Å². The molecule has 2 heterocycles. The molecule has 1 aromatic heterocycles. The van der Waals surface area contributed by atoms with Crippen LogP contribution in [0.5, 0.6) is 0 Å². The average Bonchev–Trinajstić information content (AvgIpc) is 3.30. The quantitative estimate of drug-likeness (QED) is 0.799. The smallest absolute Gasteiger partial charge is 0.287 e. The van der Waals surface area contributed by atoms with Gasteiger partial charge in [0.15, 0.2) is 5.76 Å². The number of nitrogens with one attached hydrogen (secondary N) is 1. The fourth-order valence-corrected chi connectivity index (χ4v) is 4.65. The molecule has 3 rings (SSSR count). The number of rotatable bonds is 6. The minimum absolute atomic E-state index is 0.00317. The molecule has 0 saturated carbocycles. The van der Waals surface area contributed by atoms with Crippen molar-refractivity contribution in [1.82, 2.24) is 9.62 Å². The predicted octanol–water partition coefficient (Wildman–Crippen LogP) is 1.84. The van der Waals surface area contributed by atoms with Crippen LogP contribution < -0.4 is 5.32 Å². The van der Waals surface area contributed by atoms with E-state index in [1.807, 2.05) is 6.07 Å². The molecular formula is C18H22N2O5S. The van der Waals surface area contributed by atoms with Crippen LogP contribution in [0.1, 0.15) is 40.8 Å². The van der Waals surface area contributed by atoms with E-state index in [4.69, 9.17) is 4.42 Å². The lowest BCUT2D eigenvalue weighted by Crippen LogP contribution is -2.28. The number of carbonyl (C=O) groups excluding carboxylic acids is 1. The van der Waals surface area contributed by atoms with Gasteiger partial charge < -0.3 is 14.8 Å². The lowest BCUT2D eigenvalue weighted by Gasteiger charge is -2.14. The van der Waals surface area contributed by atoms with Crippen LogP contribution in [0.25, 0.3) is 0 Å². The van der Waals surface area contributed by atoms with Crippen LogP contribution >= 0.6 is 0 Å². The van der Waals surface area contributed by atoms with Crippen LogP contribution in [0.2, 0.25) is 0 Å². The van der Waals surface area contributed by atoms with Crippen molar-refractivity contribution in [2.75, 3.05) is 19.6 Å². The normalized spacial score (nSPS) is 16.5. The Morgan fingerprint density at radius 3 is 2.58 bits per heavy atom. The van der Waals surface area contributed by atoms with Gasteiger partial charge in [0.25, 0.3) is 5.91 Å². The van der Waals surface area contributed by atoms with Crippen molar-refractivity contribution in [3.8, 4) is 0 Å². The molecule has 0 radical (unpaired) electrons. The molecule has 2 aromatic rings. The number of furan rings is 1. The minimum Gasteiger partial charge on any atom is -0.455 e. The lowest BCUT2D eigenvalue weighted by atomic mass is 10.1. The van der Waals surface area contributed by atoms with E-state index in [1.54, 1.807) is 24.3 Å². The van der Waals surface area contributed by atoms with E-state index in [1.165, 1.54) is 17.3 Å². The number of hydrogen-bond donors (Lipinski definition) is 2. The first-order chi connectivity index (χ1) is 12.4. The summed E-state index contributed by atoms with van der Waals surface area (Å²) in [5, 5.41) is 12.7. The van der Waals surface area contributed by atoms with Crippen LogP contribution in [0.15, 0.2) is 45.7 Å². The van der Waals surface area contributed by atoms with Crippen molar-refractivity contribution in [1.29, 1.82) is 0 Å². The van der Waals surface area contributed by atoms with E-state index >= 15 is 0 Å². The molecule has 0 spiro atoms. The van der Waals surface area contributed by atoms with Gasteiger partial charge in [-0.1, -0.05) is 30.3 Å². The second kappa shape index (κ2) is 7.61. The molecule has 1 aromatic carbocycles. The lowest BCUT2D eigenvalue weighted by molar-refractivity contribution is 0.0887. The van der Waals surface area contributed by atoms with Crippen LogP contribution in [-0.2, 0) is 10.0 Å². The largest absolute Gasteiger partial charge is 0.455 e. The third-order valence-electron chi connectivity index (χ3n) is 4.42. The molecule has 1 fully saturated rings. The summed E-state index contributed by atoms with van der Waals surface area (Å²) < 4.78 is 32.0. The van der Waals surface area contributed by atoms with Gasteiger partial charge >= 0.3 is 0 Å². The molecule has 1 amide bonds. The summed E-state index contributed by atoms with van der Waals surface area (Å²) in [4.78, 5) is 12.3. The molecular weight excluding hydrogens is 356 g/mol. The number of amides is 1. The molecule has 8 heteroatoms. The van der Waals surface area contributed by atoms with E-state index in [9.17, 15) is 18.3 Å². The first-order valence-corrected chi connectivity index (χ1v) is 9.95. The highest BCUT2D eigenvalue weighted by molar-refractivity contribution is 7.89. The third-order valence-corrected chi connectivity index (χ3v) is 6.43. The maximum atomic E-state index is 12.6. The maximum absolute atomic E-state index is 12.6. The monoisotopic (exact) mass is 378 g/mol. The highest BCUT2D eigenvalue weighted by Crippen LogP contribution is 2.26. The Morgan fingerprint density at radius 1 is 1.27 bits per heavy atom. The van der Waals surface area contributed by atoms with Gasteiger partial charge in [-0.05, 0) is 25.3 Å². The number of hydrogen-bond acceptors (Lipinski definition) is 5. The molecule has 140 valence electrons. The zero-order valence-corrected chi connectivity index (χ0v) is 15.3. The van der Waals surface area contributed by atoms with E-state index < -0.39 is 22.0 Å². The fraction of sp³-hybridized carbons (Fsp3) is 0.389. The zero-order chi connectivity index (χ0) is 18.7. The van der Waals surface area contributed by atoms with Crippen molar-refractivity contribution in [3.63, 3.8) is 0 Å². The second-order valence-corrected chi connectivity index (χ2v) is 8.19. The van der Waals surface area contributed by atoms with E-state index in [2.05, 4.69) is 5.32 Å². The number of aliphatic hydroxyl groups is 1. The van der Waals surface area contributed by atoms with Gasteiger partial charge in [0.2, 0.25) is 10.0 Å². The molecule has 26 heavy (non-hydrogen) atoms. The zero-order valence-electron chi connectivity index (χ0n) is 14.5. The Bertz CT molecular complexity index is 870. The van der Waals surface area contributed by atoms with Crippen molar-refractivity contribution in [2.24, 2.45) is 0 Å². The van der Waals surface area contributed by atoms with Crippen molar-refractivity contribution >= 4 is 15.9 Å². The summed E-state index contributed by atoms with van der Waals surface area (Å²) in [6.45, 7) is 2.49. The van der Waals surface area contributed by atoms with Gasteiger partial charge in [-0.3, -0.25) is 4.79 Å². The summed E-state index contributed by atoms with van der Waals surface area (Å²) in [5.74, 6) is -0.461. The summed E-state index contributed by atoms with van der Waals surface area (Å²) in [6, 6.07) is 10.2. The van der Waals surface area contributed by atoms with Gasteiger partial charge in [-0.2, -0.15) is 4.31 Å². The number of aliphatic hydroxyl groups excluding tert-OH is 1. The van der Waals surface area contributed by atoms with Crippen molar-refractivity contribution in [2.45, 2.75) is 30.8 Å². The summed E-state index contributed by atoms with van der Waals surface area (Å²) >= 11 is 0. The number of benzene rings is 1. The van der Waals surface area contributed by atoms with Gasteiger partial charge in [0.1, 0.15) is 10.7 Å². The molecule has 0 unspecified atom stereocenters. The molecule has 1 aliphatic rings. The molecule has 0 bridgehead atoms. The molecule has 1 saturated heterocycles. The van der Waals surface area contributed by atoms with Gasteiger partial charge in [0, 0.05) is 25.7 Å².